The summed E-state index contributed by atoms with van der Waals surface area (Å²) in [5.74, 6) is -6.86. The number of benzene rings is 1. The van der Waals surface area contributed by atoms with Crippen molar-refractivity contribution in [3.63, 3.8) is 0 Å². The van der Waals surface area contributed by atoms with Gasteiger partial charge in [-0.15, -0.1) is 0 Å². The van der Waals surface area contributed by atoms with Crippen molar-refractivity contribution in [2.24, 2.45) is 0 Å². The van der Waals surface area contributed by atoms with Crippen LogP contribution >= 0.6 is 0 Å². The quantitative estimate of drug-likeness (QED) is 0.439. The van der Waals surface area contributed by atoms with E-state index in [-0.39, 0.29) is 5.69 Å². The summed E-state index contributed by atoms with van der Waals surface area (Å²) in [6.07, 6.45) is -6.09. The summed E-state index contributed by atoms with van der Waals surface area (Å²) in [5.41, 5.74) is 3.15. The van der Waals surface area contributed by atoms with E-state index in [1.807, 2.05) is 0 Å². The standard InChI is InChI=1S/C18H23F5N2O3/c1-16(2,3)28-15(26)14(12-5-4-8-25-12)27-13-9-10(24)6-7-11(13)17(19,20)18(21,22)23/h6-7,9,12,14,25H,4-5,8,24H2,1-3H3. The fraction of sp³-hybridized carbons (Fsp3) is 0.611. The number of alkyl halides is 5. The number of esters is 1. The predicted molar refractivity (Wildman–Crippen MR) is 92.1 cm³/mol. The van der Waals surface area contributed by atoms with Crippen LogP contribution in [0.5, 0.6) is 5.75 Å². The van der Waals surface area contributed by atoms with E-state index < -0.39 is 47.1 Å². The average molecular weight is 410 g/mol. The lowest BCUT2D eigenvalue weighted by Gasteiger charge is -2.29. The van der Waals surface area contributed by atoms with Crippen molar-refractivity contribution in [2.45, 2.75) is 63.5 Å². The molecule has 10 heteroatoms. The Balaban J connectivity index is 2.43. The normalized spacial score (nSPS) is 19.4. The van der Waals surface area contributed by atoms with Gasteiger partial charge in [-0.1, -0.05) is 0 Å². The Labute approximate surface area is 159 Å². The van der Waals surface area contributed by atoms with Crippen molar-refractivity contribution in [2.75, 3.05) is 12.3 Å². The predicted octanol–water partition coefficient (Wildman–Crippen LogP) is 3.76. The second-order valence-electron chi connectivity index (χ2n) is 7.60. The van der Waals surface area contributed by atoms with E-state index in [0.717, 1.165) is 12.1 Å². The number of nitrogens with two attached hydrogens (primary N) is 1. The van der Waals surface area contributed by atoms with Gasteiger partial charge in [0.05, 0.1) is 11.6 Å². The first-order chi connectivity index (χ1) is 12.7. The highest BCUT2D eigenvalue weighted by molar-refractivity contribution is 5.77. The molecule has 2 unspecified atom stereocenters. The number of rotatable bonds is 5. The Bertz CT molecular complexity index is 710. The average Bonchev–Trinajstić information content (AvgIpc) is 3.03. The van der Waals surface area contributed by atoms with Gasteiger partial charge in [-0.2, -0.15) is 22.0 Å². The van der Waals surface area contributed by atoms with Gasteiger partial charge in [-0.05, 0) is 52.3 Å². The van der Waals surface area contributed by atoms with Gasteiger partial charge in [0.25, 0.3) is 0 Å². The molecule has 1 aliphatic heterocycles. The number of carbonyl (C=O) groups is 1. The van der Waals surface area contributed by atoms with Crippen LogP contribution in [-0.2, 0) is 15.5 Å². The third-order valence-electron chi connectivity index (χ3n) is 4.06. The maximum atomic E-state index is 14.0. The van der Waals surface area contributed by atoms with Crippen molar-refractivity contribution in [3.8, 4) is 5.75 Å². The van der Waals surface area contributed by atoms with Gasteiger partial charge in [0.1, 0.15) is 11.4 Å². The zero-order valence-electron chi connectivity index (χ0n) is 15.7. The molecule has 0 aromatic heterocycles. The van der Waals surface area contributed by atoms with E-state index in [9.17, 15) is 26.7 Å². The van der Waals surface area contributed by atoms with E-state index in [1.165, 1.54) is 0 Å². The second-order valence-corrected chi connectivity index (χ2v) is 7.60. The van der Waals surface area contributed by atoms with Gasteiger partial charge in [0.2, 0.25) is 6.10 Å². The Morgan fingerprint density at radius 2 is 1.86 bits per heavy atom. The van der Waals surface area contributed by atoms with Crippen LogP contribution < -0.4 is 15.8 Å². The molecule has 1 fully saturated rings. The molecule has 1 aliphatic rings. The highest BCUT2D eigenvalue weighted by Crippen LogP contribution is 2.47. The first-order valence-electron chi connectivity index (χ1n) is 8.70. The van der Waals surface area contributed by atoms with E-state index in [1.54, 1.807) is 20.8 Å². The Morgan fingerprint density at radius 3 is 2.36 bits per heavy atom. The summed E-state index contributed by atoms with van der Waals surface area (Å²) in [7, 11) is 0. The van der Waals surface area contributed by atoms with E-state index in [4.69, 9.17) is 15.2 Å². The lowest BCUT2D eigenvalue weighted by Crippen LogP contribution is -2.47. The Kier molecular flexibility index (Phi) is 6.13. The summed E-state index contributed by atoms with van der Waals surface area (Å²) in [5, 5.41) is 2.98. The topological polar surface area (TPSA) is 73.6 Å². The number of nitrogen functional groups attached to an aromatic ring is 1. The molecule has 1 saturated heterocycles. The fourth-order valence-electron chi connectivity index (χ4n) is 2.81. The number of hydrogen-bond acceptors (Lipinski definition) is 5. The van der Waals surface area contributed by atoms with Crippen LogP contribution in [0.2, 0.25) is 0 Å². The van der Waals surface area contributed by atoms with Crippen molar-refractivity contribution in [3.05, 3.63) is 23.8 Å². The zero-order valence-corrected chi connectivity index (χ0v) is 15.7. The van der Waals surface area contributed by atoms with Gasteiger partial charge in [-0.25, -0.2) is 4.79 Å². The summed E-state index contributed by atoms with van der Waals surface area (Å²) in [6, 6.07) is 1.72. The minimum Gasteiger partial charge on any atom is -0.476 e. The summed E-state index contributed by atoms with van der Waals surface area (Å²) in [4.78, 5) is 12.6. The molecule has 0 spiro atoms. The van der Waals surface area contributed by atoms with Crippen LogP contribution in [0.15, 0.2) is 18.2 Å². The number of anilines is 1. The highest BCUT2D eigenvalue weighted by Gasteiger charge is 2.60. The largest absolute Gasteiger partial charge is 0.476 e. The minimum absolute atomic E-state index is 0.0842. The van der Waals surface area contributed by atoms with Gasteiger partial charge in [0, 0.05) is 11.8 Å². The number of hydrogen-bond donors (Lipinski definition) is 2. The van der Waals surface area contributed by atoms with E-state index in [0.29, 0.717) is 25.5 Å². The van der Waals surface area contributed by atoms with E-state index >= 15 is 0 Å². The molecule has 2 rings (SSSR count). The Morgan fingerprint density at radius 1 is 1.21 bits per heavy atom. The number of ether oxygens (including phenoxy) is 2. The van der Waals surface area contributed by atoms with Gasteiger partial charge in [-0.3, -0.25) is 0 Å². The lowest BCUT2D eigenvalue weighted by atomic mass is 10.0. The zero-order chi connectivity index (χ0) is 21.3. The van der Waals surface area contributed by atoms with Gasteiger partial charge in [0.15, 0.2) is 0 Å². The van der Waals surface area contributed by atoms with Crippen LogP contribution in [-0.4, -0.2) is 36.4 Å². The molecule has 158 valence electrons. The van der Waals surface area contributed by atoms with Crippen LogP contribution in [0.3, 0.4) is 0 Å². The molecule has 0 saturated carbocycles. The van der Waals surface area contributed by atoms with Crippen molar-refractivity contribution < 1.29 is 36.2 Å². The maximum absolute atomic E-state index is 14.0. The maximum Gasteiger partial charge on any atom is 0.458 e. The van der Waals surface area contributed by atoms with Gasteiger partial charge < -0.3 is 20.5 Å². The van der Waals surface area contributed by atoms with Crippen molar-refractivity contribution >= 4 is 11.7 Å². The Hall–Kier alpha value is -2.10. The third kappa shape index (κ3) is 5.03. The summed E-state index contributed by atoms with van der Waals surface area (Å²) >= 11 is 0. The molecule has 5 nitrogen and oxygen atoms in total. The number of nitrogens with one attached hydrogen (secondary N) is 1. The molecular formula is C18H23F5N2O3. The van der Waals surface area contributed by atoms with Crippen LogP contribution in [0.25, 0.3) is 0 Å². The number of carbonyl (C=O) groups excluding carboxylic acids is 1. The molecule has 1 aromatic carbocycles. The SMILES string of the molecule is CC(C)(C)OC(=O)C(Oc1cc(N)ccc1C(F)(F)C(F)(F)F)C1CCCN1. The molecule has 3 N–H and O–H groups in total. The van der Waals surface area contributed by atoms with Crippen LogP contribution in [0, 0.1) is 0 Å². The van der Waals surface area contributed by atoms with Crippen molar-refractivity contribution in [1.82, 2.24) is 5.32 Å². The molecular weight excluding hydrogens is 387 g/mol. The molecule has 0 bridgehead atoms. The molecule has 0 aliphatic carbocycles. The van der Waals surface area contributed by atoms with Gasteiger partial charge >= 0.3 is 18.1 Å². The first-order valence-corrected chi connectivity index (χ1v) is 8.70. The first kappa shape index (κ1) is 22.2. The summed E-state index contributed by atoms with van der Waals surface area (Å²) in [6.45, 7) is 5.37. The summed E-state index contributed by atoms with van der Waals surface area (Å²) < 4.78 is 77.3. The molecule has 0 amide bonds. The molecule has 28 heavy (non-hydrogen) atoms. The molecule has 2 atom stereocenters. The smallest absolute Gasteiger partial charge is 0.458 e. The minimum atomic E-state index is -5.84. The fourth-order valence-corrected chi connectivity index (χ4v) is 2.81. The highest BCUT2D eigenvalue weighted by atomic mass is 19.4. The lowest BCUT2D eigenvalue weighted by molar-refractivity contribution is -0.289. The van der Waals surface area contributed by atoms with Crippen LogP contribution in [0.1, 0.15) is 39.2 Å². The monoisotopic (exact) mass is 410 g/mol. The third-order valence-corrected chi connectivity index (χ3v) is 4.06. The molecule has 1 aromatic rings. The number of halogens is 5. The molecule has 0 radical (unpaired) electrons. The molecule has 1 heterocycles. The van der Waals surface area contributed by atoms with Crippen molar-refractivity contribution in [1.29, 1.82) is 0 Å². The van der Waals surface area contributed by atoms with Crippen LogP contribution in [0.4, 0.5) is 27.6 Å². The van der Waals surface area contributed by atoms with E-state index in [2.05, 4.69) is 5.32 Å². The second kappa shape index (κ2) is 7.73.